The molecule has 1 aromatic heterocycles. The highest BCUT2D eigenvalue weighted by Crippen LogP contribution is 2.22. The fourth-order valence-electron chi connectivity index (χ4n) is 2.06. The number of nitriles is 1. The number of halogens is 1. The third-order valence-electron chi connectivity index (χ3n) is 3.25. The molecule has 0 aliphatic rings. The lowest BCUT2D eigenvalue weighted by molar-refractivity contribution is 0.409. The molecule has 3 aromatic rings. The van der Waals surface area contributed by atoms with Crippen LogP contribution in [-0.4, -0.2) is 10.1 Å². The van der Waals surface area contributed by atoms with Gasteiger partial charge in [-0.15, -0.1) is 0 Å². The summed E-state index contributed by atoms with van der Waals surface area (Å²) in [4.78, 5) is 4.30. The van der Waals surface area contributed by atoms with Crippen molar-refractivity contribution in [2.24, 2.45) is 0 Å². The quantitative estimate of drug-likeness (QED) is 0.652. The second kappa shape index (κ2) is 6.47. The Morgan fingerprint density at radius 1 is 1.22 bits per heavy atom. The highest BCUT2D eigenvalue weighted by molar-refractivity contribution is 6.30. The van der Waals surface area contributed by atoms with Crippen molar-refractivity contribution < 1.29 is 4.52 Å². The molecule has 3 rings (SSSR count). The second-order valence-corrected chi connectivity index (χ2v) is 5.45. The Kier molecular flexibility index (Phi) is 4.22. The minimum absolute atomic E-state index is 0.183. The molecule has 0 saturated carbocycles. The lowest BCUT2D eigenvalue weighted by Crippen LogP contribution is -1.84. The van der Waals surface area contributed by atoms with Crippen molar-refractivity contribution in [1.82, 2.24) is 10.1 Å². The van der Waals surface area contributed by atoms with Crippen LogP contribution in [0.4, 0.5) is 0 Å². The monoisotopic (exact) mass is 321 g/mol. The van der Waals surface area contributed by atoms with E-state index in [0.29, 0.717) is 10.8 Å². The van der Waals surface area contributed by atoms with Gasteiger partial charge in [0, 0.05) is 10.6 Å². The zero-order valence-corrected chi connectivity index (χ0v) is 13.1. The van der Waals surface area contributed by atoms with Crippen molar-refractivity contribution in [3.05, 3.63) is 70.6 Å². The molecule has 0 saturated heterocycles. The predicted molar refractivity (Wildman–Crippen MR) is 89.4 cm³/mol. The molecule has 0 radical (unpaired) electrons. The van der Waals surface area contributed by atoms with Crippen LogP contribution >= 0.6 is 11.6 Å². The summed E-state index contributed by atoms with van der Waals surface area (Å²) < 4.78 is 5.22. The second-order valence-electron chi connectivity index (χ2n) is 5.01. The van der Waals surface area contributed by atoms with E-state index in [0.717, 1.165) is 16.7 Å². The average molecular weight is 322 g/mol. The van der Waals surface area contributed by atoms with E-state index >= 15 is 0 Å². The van der Waals surface area contributed by atoms with Gasteiger partial charge in [-0.05, 0) is 30.7 Å². The first-order chi connectivity index (χ1) is 11.2. The molecule has 0 bridgehead atoms. The van der Waals surface area contributed by atoms with Crippen LogP contribution in [0.1, 0.15) is 17.0 Å². The summed E-state index contributed by atoms with van der Waals surface area (Å²) in [5.74, 6) is 0.635. The van der Waals surface area contributed by atoms with Crippen LogP contribution in [0.5, 0.6) is 0 Å². The van der Waals surface area contributed by atoms with E-state index < -0.39 is 0 Å². The van der Waals surface area contributed by atoms with Gasteiger partial charge in [0.25, 0.3) is 5.89 Å². The van der Waals surface area contributed by atoms with E-state index in [4.69, 9.17) is 16.1 Å². The average Bonchev–Trinajstić information content (AvgIpc) is 3.03. The molecule has 0 fully saturated rings. The van der Waals surface area contributed by atoms with E-state index in [9.17, 15) is 5.26 Å². The Labute approximate surface area is 138 Å². The van der Waals surface area contributed by atoms with E-state index in [2.05, 4.69) is 16.2 Å². The van der Waals surface area contributed by atoms with Gasteiger partial charge in [0.15, 0.2) is 0 Å². The van der Waals surface area contributed by atoms with Gasteiger partial charge in [0.1, 0.15) is 11.6 Å². The number of nitrogens with zero attached hydrogens (tertiary/aromatic N) is 3. The minimum atomic E-state index is 0.183. The molecule has 0 atom stereocenters. The predicted octanol–water partition coefficient (Wildman–Crippen LogP) is 4.76. The van der Waals surface area contributed by atoms with E-state index in [1.54, 1.807) is 18.2 Å². The van der Waals surface area contributed by atoms with E-state index in [1.165, 1.54) is 0 Å². The van der Waals surface area contributed by atoms with Crippen LogP contribution in [0.15, 0.2) is 53.1 Å². The molecule has 5 heteroatoms. The van der Waals surface area contributed by atoms with Crippen LogP contribution in [0, 0.1) is 18.3 Å². The number of benzene rings is 2. The summed E-state index contributed by atoms with van der Waals surface area (Å²) in [5.41, 5.74) is 3.07. The zero-order chi connectivity index (χ0) is 16.2. The van der Waals surface area contributed by atoms with Crippen LogP contribution < -0.4 is 0 Å². The molecule has 2 aromatic carbocycles. The molecular weight excluding hydrogens is 310 g/mol. The zero-order valence-electron chi connectivity index (χ0n) is 12.3. The summed E-state index contributed by atoms with van der Waals surface area (Å²) in [6.07, 6.45) is 1.66. The summed E-state index contributed by atoms with van der Waals surface area (Å²) in [7, 11) is 0. The molecule has 1 heterocycles. The Morgan fingerprint density at radius 3 is 2.70 bits per heavy atom. The Balaban J connectivity index is 1.94. The number of hydrogen-bond donors (Lipinski definition) is 0. The van der Waals surface area contributed by atoms with Crippen LogP contribution in [0.3, 0.4) is 0 Å². The highest BCUT2D eigenvalue weighted by Gasteiger charge is 2.12. The molecule has 4 nitrogen and oxygen atoms in total. The van der Waals surface area contributed by atoms with Gasteiger partial charge in [0.05, 0.1) is 0 Å². The number of aryl methyl sites for hydroxylation is 1. The Bertz CT molecular complexity index is 905. The molecule has 0 N–H and O–H groups in total. The molecule has 112 valence electrons. The maximum atomic E-state index is 9.35. The van der Waals surface area contributed by atoms with Crippen molar-refractivity contribution in [3.8, 4) is 17.5 Å². The highest BCUT2D eigenvalue weighted by atomic mass is 35.5. The van der Waals surface area contributed by atoms with Gasteiger partial charge >= 0.3 is 0 Å². The van der Waals surface area contributed by atoms with E-state index in [1.807, 2.05) is 43.3 Å². The summed E-state index contributed by atoms with van der Waals surface area (Å²) in [6.45, 7) is 2.01. The lowest BCUT2D eigenvalue weighted by Gasteiger charge is -1.95. The fraction of sp³-hybridized carbons (Fsp3) is 0.0556. The molecule has 0 aliphatic heterocycles. The van der Waals surface area contributed by atoms with Crippen molar-refractivity contribution >= 4 is 23.3 Å². The lowest BCUT2D eigenvalue weighted by atomic mass is 10.1. The largest absolute Gasteiger partial charge is 0.333 e. The van der Waals surface area contributed by atoms with Crippen LogP contribution in [0.2, 0.25) is 5.02 Å². The van der Waals surface area contributed by atoms with Gasteiger partial charge in [0.2, 0.25) is 5.82 Å². The number of hydrogen-bond acceptors (Lipinski definition) is 4. The van der Waals surface area contributed by atoms with Crippen LogP contribution in [-0.2, 0) is 0 Å². The van der Waals surface area contributed by atoms with E-state index in [-0.39, 0.29) is 11.5 Å². The van der Waals surface area contributed by atoms with Crippen molar-refractivity contribution in [2.75, 3.05) is 0 Å². The first-order valence-corrected chi connectivity index (χ1v) is 7.32. The number of aromatic nitrogens is 2. The number of allylic oxidation sites excluding steroid dienone is 1. The first-order valence-electron chi connectivity index (χ1n) is 6.94. The minimum Gasteiger partial charge on any atom is -0.333 e. The third-order valence-corrected chi connectivity index (χ3v) is 3.48. The van der Waals surface area contributed by atoms with Gasteiger partial charge in [-0.25, -0.2) is 0 Å². The fourth-order valence-corrected chi connectivity index (χ4v) is 2.26. The maximum Gasteiger partial charge on any atom is 0.268 e. The summed E-state index contributed by atoms with van der Waals surface area (Å²) in [6, 6.07) is 17.0. The summed E-state index contributed by atoms with van der Waals surface area (Å²) >= 11 is 5.95. The van der Waals surface area contributed by atoms with Gasteiger partial charge < -0.3 is 4.52 Å². The van der Waals surface area contributed by atoms with Gasteiger partial charge in [-0.3, -0.25) is 0 Å². The molecule has 23 heavy (non-hydrogen) atoms. The SMILES string of the molecule is Cc1ccc(-c2noc(/C(C#N)=C/c3cccc(Cl)c3)n2)cc1. The molecule has 0 unspecified atom stereocenters. The molecule has 0 spiro atoms. The first kappa shape index (κ1) is 15.0. The molecule has 0 amide bonds. The smallest absolute Gasteiger partial charge is 0.268 e. The topological polar surface area (TPSA) is 62.7 Å². The van der Waals surface area contributed by atoms with Gasteiger partial charge in [-0.1, -0.05) is 58.7 Å². The Hall–Kier alpha value is -2.90. The molecular formula is C18H12ClN3O. The van der Waals surface area contributed by atoms with Crippen molar-refractivity contribution in [2.45, 2.75) is 6.92 Å². The summed E-state index contributed by atoms with van der Waals surface area (Å²) in [5, 5.41) is 13.9. The molecule has 0 aliphatic carbocycles. The number of rotatable bonds is 3. The normalized spacial score (nSPS) is 11.3. The maximum absolute atomic E-state index is 9.35. The van der Waals surface area contributed by atoms with Gasteiger partial charge in [-0.2, -0.15) is 10.2 Å². The van der Waals surface area contributed by atoms with Crippen LogP contribution in [0.25, 0.3) is 23.0 Å². The standard InChI is InChI=1S/C18H12ClN3O/c1-12-5-7-14(8-6-12)17-21-18(23-22-17)15(11-20)9-13-3-2-4-16(19)10-13/h2-10H,1H3/b15-9+. The van der Waals surface area contributed by atoms with Crippen molar-refractivity contribution in [1.29, 1.82) is 5.26 Å². The Morgan fingerprint density at radius 2 is 2.00 bits per heavy atom. The third kappa shape index (κ3) is 3.47. The van der Waals surface area contributed by atoms with Crippen molar-refractivity contribution in [3.63, 3.8) is 0 Å².